The summed E-state index contributed by atoms with van der Waals surface area (Å²) in [6.45, 7) is -3.87. The molecule has 0 aromatic heterocycles. The average Bonchev–Trinajstić information content (AvgIpc) is 2.88. The van der Waals surface area contributed by atoms with Crippen LogP contribution in [0.1, 0.15) is 0 Å². The van der Waals surface area contributed by atoms with E-state index in [4.69, 9.17) is 27.9 Å². The van der Waals surface area contributed by atoms with Crippen LogP contribution < -0.4 is 0 Å². The summed E-state index contributed by atoms with van der Waals surface area (Å²) in [5.41, 5.74) is 0. The summed E-state index contributed by atoms with van der Waals surface area (Å²) in [6, 6.07) is 0. The van der Waals surface area contributed by atoms with Gasteiger partial charge >= 0.3 is 83.2 Å². The van der Waals surface area contributed by atoms with Gasteiger partial charge in [0.05, 0.1) is 13.2 Å². The zero-order valence-corrected chi connectivity index (χ0v) is 31.6. The third-order valence-electron chi connectivity index (χ3n) is 5.62. The molecule has 0 radical (unpaired) electrons. The minimum absolute atomic E-state index is 1.93. The zero-order valence-electron chi connectivity index (χ0n) is 25.1. The first kappa shape index (κ1) is 50.0. The Labute approximate surface area is 308 Å². The van der Waals surface area contributed by atoms with Crippen molar-refractivity contribution in [2.45, 2.75) is 61.4 Å². The van der Waals surface area contributed by atoms with Gasteiger partial charge in [-0.15, -0.1) is 0 Å². The van der Waals surface area contributed by atoms with E-state index in [1.54, 1.807) is 0 Å². The molecule has 43 heteroatoms. The monoisotopic (exact) mass is 982 g/mol. The van der Waals surface area contributed by atoms with Crippen LogP contribution in [0, 0.1) is 0 Å². The Kier molecular flexibility index (Phi) is 16.0. The van der Waals surface area contributed by atoms with Crippen molar-refractivity contribution in [3.63, 3.8) is 0 Å². The van der Waals surface area contributed by atoms with E-state index < -0.39 is 158 Å². The summed E-state index contributed by atoms with van der Waals surface area (Å²) in [5, 5.41) is 0. The highest BCUT2D eigenvalue weighted by Gasteiger charge is 2.59. The maximum Gasteiger partial charge on any atom is 0.399 e. The molecule has 328 valence electrons. The molecule has 10 atom stereocenters. The molecule has 0 bridgehead atoms. The van der Waals surface area contributed by atoms with E-state index in [2.05, 4.69) is 33.5 Å². The highest BCUT2D eigenvalue weighted by Crippen LogP contribution is 2.37. The molecule has 2 fully saturated rings. The molecular weight excluding hydrogens is 961 g/mol. The number of hydrogen-bond donors (Lipinski definition) is 8. The Morgan fingerprint density at radius 3 is 0.945 bits per heavy atom. The molecule has 2 aliphatic rings. The van der Waals surface area contributed by atoms with Crippen molar-refractivity contribution in [2.75, 3.05) is 13.2 Å². The van der Waals surface area contributed by atoms with Crippen molar-refractivity contribution in [3.8, 4) is 0 Å². The Morgan fingerprint density at radius 2 is 0.600 bits per heavy atom. The van der Waals surface area contributed by atoms with Gasteiger partial charge in [0.25, 0.3) is 0 Å². The second kappa shape index (κ2) is 17.6. The highest BCUT2D eigenvalue weighted by molar-refractivity contribution is 7.82. The van der Waals surface area contributed by atoms with Crippen molar-refractivity contribution in [2.24, 2.45) is 0 Å². The second-order valence-corrected chi connectivity index (χ2v) is 18.0. The number of hydrogen-bond acceptors (Lipinski definition) is 27. The largest absolute Gasteiger partial charge is 0.399 e. The van der Waals surface area contributed by atoms with Crippen LogP contribution in [0.25, 0.3) is 0 Å². The van der Waals surface area contributed by atoms with E-state index in [1.165, 1.54) is 0 Å². The van der Waals surface area contributed by atoms with Crippen molar-refractivity contribution >= 4 is 83.2 Å². The fraction of sp³-hybridized carbons (Fsp3) is 1.00. The van der Waals surface area contributed by atoms with Gasteiger partial charge < -0.3 is 14.2 Å². The summed E-state index contributed by atoms with van der Waals surface area (Å²) in [6.07, 6.45) is -32.1. The minimum Gasteiger partial charge on any atom is -0.341 e. The molecule has 0 unspecified atom stereocenters. The summed E-state index contributed by atoms with van der Waals surface area (Å²) in [4.78, 5) is 0. The van der Waals surface area contributed by atoms with Gasteiger partial charge in [-0.1, -0.05) is 0 Å². The van der Waals surface area contributed by atoms with Gasteiger partial charge in [0, 0.05) is 0 Å². The van der Waals surface area contributed by atoms with Gasteiger partial charge in [-0.2, -0.15) is 67.3 Å². The van der Waals surface area contributed by atoms with Gasteiger partial charge in [-0.05, 0) is 0 Å². The average molecular weight is 983 g/mol. The fourth-order valence-electron chi connectivity index (χ4n) is 4.20. The molecule has 0 aromatic rings. The van der Waals surface area contributed by atoms with Crippen LogP contribution in [-0.4, -0.2) is 178 Å². The number of ether oxygens (including phenoxy) is 3. The molecular formula is C12H22O35S8. The molecule has 55 heavy (non-hydrogen) atoms. The van der Waals surface area contributed by atoms with Crippen LogP contribution in [-0.2, 0) is 131 Å². The molecule has 0 aromatic carbocycles. The Morgan fingerprint density at radius 1 is 0.327 bits per heavy atom. The topological polar surface area (TPSA) is 536 Å². The van der Waals surface area contributed by atoms with Gasteiger partial charge in [0.1, 0.15) is 36.6 Å². The lowest BCUT2D eigenvalue weighted by Gasteiger charge is -2.47. The lowest BCUT2D eigenvalue weighted by molar-refractivity contribution is -0.341. The SMILES string of the molecule is O=S(=O)(O)OC[C@H]1O[C@@H](O[C@H]2[C@H](OS(=O)(=O)O)[C@@H](OS(=O)(=O)O)[C@H](OS(=O)(=O)O)O[C@@H]2COS(=O)(=O)O)[C@H](OS(=O)(=O)O)[C@@H](OS(=O)(=O)O)[C@H]1OS(=O)(=O)O. The van der Waals surface area contributed by atoms with Crippen LogP contribution in [0.4, 0.5) is 0 Å². The molecule has 2 rings (SSSR count). The smallest absolute Gasteiger partial charge is 0.341 e. The molecule has 2 saturated heterocycles. The van der Waals surface area contributed by atoms with Gasteiger partial charge in [-0.25, -0.2) is 33.5 Å². The first-order chi connectivity index (χ1) is 24.2. The van der Waals surface area contributed by atoms with Crippen molar-refractivity contribution < 1.29 is 151 Å². The lowest BCUT2D eigenvalue weighted by Crippen LogP contribution is -2.67. The molecule has 2 heterocycles. The fourth-order valence-corrected chi connectivity index (χ4v) is 7.68. The van der Waals surface area contributed by atoms with Crippen molar-refractivity contribution in [3.05, 3.63) is 0 Å². The van der Waals surface area contributed by atoms with E-state index in [1.807, 2.05) is 0 Å². The van der Waals surface area contributed by atoms with Crippen LogP contribution in [0.3, 0.4) is 0 Å². The van der Waals surface area contributed by atoms with Crippen LogP contribution in [0.5, 0.6) is 0 Å². The summed E-state index contributed by atoms with van der Waals surface area (Å²) in [5.74, 6) is 0. The van der Waals surface area contributed by atoms with Gasteiger partial charge in [0.15, 0.2) is 18.5 Å². The van der Waals surface area contributed by atoms with E-state index >= 15 is 0 Å². The van der Waals surface area contributed by atoms with Gasteiger partial charge in [-0.3, -0.25) is 36.4 Å². The van der Waals surface area contributed by atoms with Crippen molar-refractivity contribution in [1.29, 1.82) is 0 Å². The van der Waals surface area contributed by atoms with E-state index in [-0.39, 0.29) is 0 Å². The Bertz CT molecular complexity index is 2260. The molecule has 2 aliphatic heterocycles. The number of rotatable bonds is 20. The maximum absolute atomic E-state index is 11.8. The summed E-state index contributed by atoms with van der Waals surface area (Å²) < 4.78 is 306. The standard InChI is InChI=1S/C12H22O35S8/c13-48(14,15)37-1-3-5(7(43-51(22,23)24)10(46-54(31,32)33)12(40-3)47-55(34,35)36)41-11-9(45-53(28,29)30)8(44-52(25,26)27)6(42-50(19,20)21)4(39-11)2-38-49(16,17)18/h3-12H,1-2H2,(H,13,14,15)(H,16,17,18)(H,19,20,21)(H,22,23,24)(H,25,26,27)(H,28,29,30)(H,31,32,33)(H,34,35,36)/t3-,4-,5-,6+,7+,8+,9-,10-,11+,12+/m1/s1. The first-order valence-electron chi connectivity index (χ1n) is 12.3. The summed E-state index contributed by atoms with van der Waals surface area (Å²) >= 11 is 0. The van der Waals surface area contributed by atoms with Crippen LogP contribution in [0.2, 0.25) is 0 Å². The molecule has 35 nitrogen and oxygen atoms in total. The maximum atomic E-state index is 11.8. The van der Waals surface area contributed by atoms with E-state index in [9.17, 15) is 90.1 Å². The molecule has 0 amide bonds. The normalized spacial score (nSPS) is 30.9. The first-order valence-corrected chi connectivity index (χ1v) is 23.3. The molecule has 0 spiro atoms. The second-order valence-electron chi connectivity index (χ2n) is 9.58. The van der Waals surface area contributed by atoms with Crippen LogP contribution in [0.15, 0.2) is 0 Å². The van der Waals surface area contributed by atoms with Crippen molar-refractivity contribution in [1.82, 2.24) is 0 Å². The highest BCUT2D eigenvalue weighted by atomic mass is 32.3. The molecule has 8 N–H and O–H groups in total. The third kappa shape index (κ3) is 19.0. The van der Waals surface area contributed by atoms with Crippen LogP contribution >= 0.6 is 0 Å². The van der Waals surface area contributed by atoms with E-state index in [0.29, 0.717) is 0 Å². The quantitative estimate of drug-likeness (QED) is 0.0526. The predicted octanol–water partition coefficient (Wildman–Crippen LogP) is -6.78. The van der Waals surface area contributed by atoms with E-state index in [0.717, 1.165) is 0 Å². The Hall–Kier alpha value is -1.16. The lowest BCUT2D eigenvalue weighted by atomic mass is 9.97. The summed E-state index contributed by atoms with van der Waals surface area (Å²) in [7, 11) is -48.2. The molecule has 0 aliphatic carbocycles. The predicted molar refractivity (Wildman–Crippen MR) is 152 cm³/mol. The zero-order chi connectivity index (χ0) is 43.0. The molecule has 0 saturated carbocycles. The third-order valence-corrected chi connectivity index (χ3v) is 9.24. The Balaban J connectivity index is 3.02. The minimum atomic E-state index is -6.20. The van der Waals surface area contributed by atoms with Gasteiger partial charge in [0.2, 0.25) is 6.29 Å².